The number of aryl methyl sites for hydroxylation is 1. The Morgan fingerprint density at radius 1 is 1.42 bits per heavy atom. The van der Waals surface area contributed by atoms with Gasteiger partial charge >= 0.3 is 0 Å². The lowest BCUT2D eigenvalue weighted by atomic mass is 9.95. The summed E-state index contributed by atoms with van der Waals surface area (Å²) >= 11 is 8.01. The number of carbonyl (C=O) groups excluding carboxylic acids is 1. The Hall–Kier alpha value is -0.740. The molecule has 1 aliphatic rings. The summed E-state index contributed by atoms with van der Waals surface area (Å²) in [5.74, 6) is -0.106. The molecule has 1 saturated carbocycles. The Labute approximate surface area is 123 Å². The van der Waals surface area contributed by atoms with E-state index in [4.69, 9.17) is 11.6 Å². The fraction of sp³-hybridized carbons (Fsp3) is 0.571. The number of nitrogens with zero attached hydrogens (tertiary/aromatic N) is 1. The molecule has 1 heterocycles. The Morgan fingerprint density at radius 2 is 2.11 bits per heavy atom. The first-order valence-corrected chi connectivity index (χ1v) is 8.22. The van der Waals surface area contributed by atoms with Crippen LogP contribution in [-0.2, 0) is 0 Å². The van der Waals surface area contributed by atoms with Crippen molar-refractivity contribution in [3.63, 3.8) is 0 Å². The highest BCUT2D eigenvalue weighted by atomic mass is 35.5. The van der Waals surface area contributed by atoms with Crippen LogP contribution in [0, 0.1) is 6.92 Å². The van der Waals surface area contributed by atoms with Crippen LogP contribution in [-0.4, -0.2) is 28.4 Å². The maximum absolute atomic E-state index is 12.2. The Balaban J connectivity index is 1.94. The van der Waals surface area contributed by atoms with E-state index in [0.717, 1.165) is 23.8 Å². The van der Waals surface area contributed by atoms with Gasteiger partial charge in [0.1, 0.15) is 0 Å². The molecule has 0 atom stereocenters. The number of thioether (sulfide) groups is 1. The molecular weight excluding hydrogens is 280 g/mol. The molecule has 1 fully saturated rings. The van der Waals surface area contributed by atoms with Gasteiger partial charge in [-0.2, -0.15) is 11.8 Å². The van der Waals surface area contributed by atoms with Gasteiger partial charge in [0, 0.05) is 23.2 Å². The third kappa shape index (κ3) is 3.86. The fourth-order valence-corrected chi connectivity index (χ4v) is 3.44. The summed E-state index contributed by atoms with van der Waals surface area (Å²) in [6.45, 7) is 1.86. The highest BCUT2D eigenvalue weighted by Gasteiger charge is 2.22. The fourth-order valence-electron chi connectivity index (χ4n) is 2.40. The van der Waals surface area contributed by atoms with Crippen LogP contribution < -0.4 is 5.32 Å². The molecule has 2 rings (SSSR count). The number of aromatic nitrogens is 1. The molecule has 0 bridgehead atoms. The first-order valence-electron chi connectivity index (χ1n) is 6.56. The van der Waals surface area contributed by atoms with Crippen LogP contribution in [0.3, 0.4) is 0 Å². The lowest BCUT2D eigenvalue weighted by Crippen LogP contribution is -2.38. The van der Waals surface area contributed by atoms with Gasteiger partial charge in [-0.25, -0.2) is 0 Å². The van der Waals surface area contributed by atoms with Crippen molar-refractivity contribution in [3.8, 4) is 0 Å². The summed E-state index contributed by atoms with van der Waals surface area (Å²) in [6.07, 6.45) is 8.15. The van der Waals surface area contributed by atoms with Gasteiger partial charge in [0.05, 0.1) is 10.6 Å². The molecule has 0 aromatic carbocycles. The summed E-state index contributed by atoms with van der Waals surface area (Å²) in [7, 11) is 0. The Bertz CT molecular complexity index is 459. The second-order valence-electron chi connectivity index (χ2n) is 4.99. The van der Waals surface area contributed by atoms with Crippen LogP contribution in [0.2, 0.25) is 5.02 Å². The quantitative estimate of drug-likeness (QED) is 0.929. The molecule has 1 amide bonds. The minimum absolute atomic E-state index is 0.106. The van der Waals surface area contributed by atoms with Crippen molar-refractivity contribution in [3.05, 3.63) is 28.5 Å². The lowest BCUT2D eigenvalue weighted by Gasteiger charge is -2.28. The smallest absolute Gasteiger partial charge is 0.254 e. The van der Waals surface area contributed by atoms with Gasteiger partial charge in [-0.05, 0) is 44.9 Å². The van der Waals surface area contributed by atoms with E-state index >= 15 is 0 Å². The standard InChI is InChI=1S/C14H19ClN2OS/c1-9-7-13(15)12(8-16-9)14(18)17-10-3-5-11(19-2)6-4-10/h7-8,10-11H,3-6H2,1-2H3,(H,17,18). The molecule has 3 nitrogen and oxygen atoms in total. The molecule has 0 spiro atoms. The van der Waals surface area contributed by atoms with Crippen LogP contribution in [0.15, 0.2) is 12.3 Å². The number of nitrogens with one attached hydrogen (secondary N) is 1. The third-order valence-electron chi connectivity index (χ3n) is 3.58. The van der Waals surface area contributed by atoms with E-state index in [2.05, 4.69) is 16.6 Å². The zero-order valence-electron chi connectivity index (χ0n) is 11.3. The summed E-state index contributed by atoms with van der Waals surface area (Å²) < 4.78 is 0. The predicted molar refractivity (Wildman–Crippen MR) is 81.0 cm³/mol. The molecule has 104 valence electrons. The molecular formula is C14H19ClN2OS. The van der Waals surface area contributed by atoms with E-state index in [0.29, 0.717) is 10.6 Å². The van der Waals surface area contributed by atoms with Crippen molar-refractivity contribution in [1.29, 1.82) is 0 Å². The number of hydrogen-bond acceptors (Lipinski definition) is 3. The van der Waals surface area contributed by atoms with Gasteiger partial charge in [0.15, 0.2) is 0 Å². The summed E-state index contributed by atoms with van der Waals surface area (Å²) in [5.41, 5.74) is 1.29. The van der Waals surface area contributed by atoms with Gasteiger partial charge in [-0.1, -0.05) is 11.6 Å². The van der Waals surface area contributed by atoms with Crippen molar-refractivity contribution < 1.29 is 4.79 Å². The Kier molecular flexibility index (Phi) is 5.11. The van der Waals surface area contributed by atoms with Gasteiger partial charge < -0.3 is 5.32 Å². The molecule has 0 aliphatic heterocycles. The second kappa shape index (κ2) is 6.62. The minimum atomic E-state index is -0.106. The van der Waals surface area contributed by atoms with E-state index in [1.807, 2.05) is 18.7 Å². The van der Waals surface area contributed by atoms with E-state index in [1.165, 1.54) is 12.8 Å². The van der Waals surface area contributed by atoms with Crippen molar-refractivity contribution in [2.45, 2.75) is 43.9 Å². The summed E-state index contributed by atoms with van der Waals surface area (Å²) in [5, 5.41) is 4.29. The van der Waals surface area contributed by atoms with Crippen molar-refractivity contribution in [1.82, 2.24) is 10.3 Å². The third-order valence-corrected chi connectivity index (χ3v) is 5.03. The number of pyridine rings is 1. The second-order valence-corrected chi connectivity index (χ2v) is 6.53. The number of carbonyl (C=O) groups is 1. The van der Waals surface area contributed by atoms with Gasteiger partial charge in [0.25, 0.3) is 5.91 Å². The summed E-state index contributed by atoms with van der Waals surface area (Å²) in [6, 6.07) is 1.99. The molecule has 1 N–H and O–H groups in total. The van der Waals surface area contributed by atoms with Crippen LogP contribution in [0.4, 0.5) is 0 Å². The van der Waals surface area contributed by atoms with Crippen molar-refractivity contribution >= 4 is 29.3 Å². The molecule has 19 heavy (non-hydrogen) atoms. The molecule has 1 aliphatic carbocycles. The van der Waals surface area contributed by atoms with Crippen molar-refractivity contribution in [2.75, 3.05) is 6.26 Å². The van der Waals surface area contributed by atoms with Gasteiger partial charge in [-0.3, -0.25) is 9.78 Å². The van der Waals surface area contributed by atoms with E-state index < -0.39 is 0 Å². The maximum Gasteiger partial charge on any atom is 0.254 e. The van der Waals surface area contributed by atoms with E-state index in [9.17, 15) is 4.79 Å². The average Bonchev–Trinajstić information content (AvgIpc) is 2.39. The van der Waals surface area contributed by atoms with Crippen LogP contribution in [0.5, 0.6) is 0 Å². The highest BCUT2D eigenvalue weighted by molar-refractivity contribution is 7.99. The SMILES string of the molecule is CSC1CCC(NC(=O)c2cnc(C)cc2Cl)CC1. The van der Waals surface area contributed by atoms with Gasteiger partial charge in [0.2, 0.25) is 0 Å². The van der Waals surface area contributed by atoms with Crippen LogP contribution >= 0.6 is 23.4 Å². The summed E-state index contributed by atoms with van der Waals surface area (Å²) in [4.78, 5) is 16.3. The van der Waals surface area contributed by atoms with E-state index in [-0.39, 0.29) is 11.9 Å². The molecule has 5 heteroatoms. The zero-order chi connectivity index (χ0) is 13.8. The first-order chi connectivity index (χ1) is 9.10. The molecule has 0 saturated heterocycles. The average molecular weight is 299 g/mol. The monoisotopic (exact) mass is 298 g/mol. The largest absolute Gasteiger partial charge is 0.349 e. The van der Waals surface area contributed by atoms with Gasteiger partial charge in [-0.15, -0.1) is 0 Å². The molecule has 1 aromatic rings. The normalized spacial score (nSPS) is 23.1. The molecule has 0 unspecified atom stereocenters. The minimum Gasteiger partial charge on any atom is -0.349 e. The van der Waals surface area contributed by atoms with Crippen molar-refractivity contribution in [2.24, 2.45) is 0 Å². The predicted octanol–water partition coefficient (Wildman–Crippen LogP) is 3.45. The number of rotatable bonds is 3. The van der Waals surface area contributed by atoms with Crippen LogP contribution in [0.1, 0.15) is 41.7 Å². The zero-order valence-corrected chi connectivity index (χ0v) is 12.9. The Morgan fingerprint density at radius 3 is 2.68 bits per heavy atom. The molecule has 1 aromatic heterocycles. The number of amides is 1. The first kappa shape index (κ1) is 14.7. The molecule has 0 radical (unpaired) electrons. The maximum atomic E-state index is 12.2. The number of halogens is 1. The topological polar surface area (TPSA) is 42.0 Å². The van der Waals surface area contributed by atoms with E-state index in [1.54, 1.807) is 12.3 Å². The lowest BCUT2D eigenvalue weighted by molar-refractivity contribution is 0.0928. The number of hydrogen-bond donors (Lipinski definition) is 1. The highest BCUT2D eigenvalue weighted by Crippen LogP contribution is 2.27. The van der Waals surface area contributed by atoms with Crippen LogP contribution in [0.25, 0.3) is 0 Å².